The molecule has 5 nitrogen and oxygen atoms in total. The van der Waals surface area contributed by atoms with E-state index in [2.05, 4.69) is 51.8 Å². The van der Waals surface area contributed by atoms with E-state index >= 15 is 0 Å². The number of hydrogen-bond acceptors (Lipinski definition) is 5. The first-order chi connectivity index (χ1) is 11.8. The van der Waals surface area contributed by atoms with Crippen LogP contribution >= 0.6 is 0 Å². The van der Waals surface area contributed by atoms with Crippen LogP contribution in [0.15, 0.2) is 42.7 Å². The van der Waals surface area contributed by atoms with Crippen molar-refractivity contribution in [1.29, 1.82) is 0 Å². The Kier molecular flexibility index (Phi) is 4.09. The summed E-state index contributed by atoms with van der Waals surface area (Å²) < 4.78 is 0. The number of aryl methyl sites for hydroxylation is 1. The van der Waals surface area contributed by atoms with Gasteiger partial charge in [-0.25, -0.2) is 9.97 Å². The van der Waals surface area contributed by atoms with Crippen LogP contribution in [0.25, 0.3) is 22.3 Å². The molecule has 2 N–H and O–H groups in total. The van der Waals surface area contributed by atoms with Crippen LogP contribution in [0.5, 0.6) is 0 Å². The van der Waals surface area contributed by atoms with Gasteiger partial charge in [0.15, 0.2) is 5.82 Å². The van der Waals surface area contributed by atoms with E-state index in [-0.39, 0.29) is 0 Å². The van der Waals surface area contributed by atoms with E-state index in [1.165, 1.54) is 12.0 Å². The maximum Gasteiger partial charge on any atom is 0.155 e. The number of rotatable bonds is 3. The lowest BCUT2D eigenvalue weighted by Crippen LogP contribution is -2.38. The van der Waals surface area contributed by atoms with E-state index < -0.39 is 0 Å². The second-order valence-corrected chi connectivity index (χ2v) is 6.33. The van der Waals surface area contributed by atoms with E-state index in [1.807, 2.05) is 6.07 Å². The molecule has 1 aliphatic rings. The molecule has 0 bridgehead atoms. The summed E-state index contributed by atoms with van der Waals surface area (Å²) in [6, 6.07) is 10.8. The largest absolute Gasteiger partial charge is 0.364 e. The summed E-state index contributed by atoms with van der Waals surface area (Å²) in [7, 11) is 0. The molecule has 1 unspecified atom stereocenters. The highest BCUT2D eigenvalue weighted by molar-refractivity contribution is 5.88. The molecule has 0 spiro atoms. The molecule has 0 radical (unpaired) electrons. The van der Waals surface area contributed by atoms with Crippen molar-refractivity contribution in [3.8, 4) is 11.3 Å². The van der Waals surface area contributed by atoms with Crippen LogP contribution in [0.1, 0.15) is 18.4 Å². The van der Waals surface area contributed by atoms with Gasteiger partial charge in [0, 0.05) is 30.5 Å². The fourth-order valence-corrected chi connectivity index (χ4v) is 3.11. The predicted molar refractivity (Wildman–Crippen MR) is 97.0 cm³/mol. The van der Waals surface area contributed by atoms with Gasteiger partial charge in [-0.2, -0.15) is 0 Å². The maximum atomic E-state index is 4.85. The first kappa shape index (κ1) is 15.0. The minimum absolute atomic E-state index is 0.379. The number of pyridine rings is 1. The number of fused-ring (bicyclic) bond motifs is 1. The molecule has 3 aromatic rings. The molecule has 0 aliphatic carbocycles. The molecule has 1 aliphatic heterocycles. The Morgan fingerprint density at radius 1 is 1.12 bits per heavy atom. The van der Waals surface area contributed by atoms with Crippen LogP contribution in [-0.4, -0.2) is 34.1 Å². The third-order valence-electron chi connectivity index (χ3n) is 4.44. The third-order valence-corrected chi connectivity index (χ3v) is 4.44. The van der Waals surface area contributed by atoms with Crippen LogP contribution in [-0.2, 0) is 0 Å². The molecule has 1 fully saturated rings. The molecule has 0 amide bonds. The third kappa shape index (κ3) is 3.08. The summed E-state index contributed by atoms with van der Waals surface area (Å²) in [4.78, 5) is 13.8. The second kappa shape index (κ2) is 6.53. The Labute approximate surface area is 141 Å². The van der Waals surface area contributed by atoms with Crippen molar-refractivity contribution in [3.05, 3.63) is 48.3 Å². The Morgan fingerprint density at radius 3 is 2.75 bits per heavy atom. The van der Waals surface area contributed by atoms with Crippen molar-refractivity contribution in [2.24, 2.45) is 0 Å². The summed E-state index contributed by atoms with van der Waals surface area (Å²) in [5.41, 5.74) is 4.96. The molecule has 24 heavy (non-hydrogen) atoms. The van der Waals surface area contributed by atoms with Gasteiger partial charge in [-0.1, -0.05) is 29.8 Å². The fraction of sp³-hybridized carbons (Fsp3) is 0.316. The zero-order valence-corrected chi connectivity index (χ0v) is 13.8. The summed E-state index contributed by atoms with van der Waals surface area (Å²) in [5.74, 6) is 0.824. The SMILES string of the molecule is Cc1ccc(-c2cc3nccnc3c(NC3CCCNC3)n2)cc1. The average molecular weight is 319 g/mol. The van der Waals surface area contributed by atoms with Crippen molar-refractivity contribution in [1.82, 2.24) is 20.3 Å². The molecular weight excluding hydrogens is 298 g/mol. The summed E-state index contributed by atoms with van der Waals surface area (Å²) in [5, 5.41) is 7.00. The van der Waals surface area contributed by atoms with Gasteiger partial charge in [0.25, 0.3) is 0 Å². The van der Waals surface area contributed by atoms with E-state index in [4.69, 9.17) is 4.98 Å². The minimum atomic E-state index is 0.379. The summed E-state index contributed by atoms with van der Waals surface area (Å²) in [6.45, 7) is 4.14. The molecule has 122 valence electrons. The molecule has 1 aromatic carbocycles. The zero-order chi connectivity index (χ0) is 16.4. The molecule has 1 saturated heterocycles. The average Bonchev–Trinajstić information content (AvgIpc) is 2.63. The Bertz CT molecular complexity index is 838. The number of benzene rings is 1. The quantitative estimate of drug-likeness (QED) is 0.776. The predicted octanol–water partition coefficient (Wildman–Crippen LogP) is 3.16. The molecule has 4 rings (SSSR count). The van der Waals surface area contributed by atoms with Gasteiger partial charge in [0.05, 0.1) is 11.2 Å². The van der Waals surface area contributed by atoms with Gasteiger partial charge < -0.3 is 10.6 Å². The first-order valence-electron chi connectivity index (χ1n) is 8.46. The molecular formula is C19H21N5. The van der Waals surface area contributed by atoms with E-state index in [0.717, 1.165) is 47.6 Å². The van der Waals surface area contributed by atoms with Gasteiger partial charge in [-0.15, -0.1) is 0 Å². The highest BCUT2D eigenvalue weighted by Gasteiger charge is 2.16. The lowest BCUT2D eigenvalue weighted by atomic mass is 10.1. The molecule has 2 aromatic heterocycles. The molecule has 0 saturated carbocycles. The Morgan fingerprint density at radius 2 is 1.96 bits per heavy atom. The van der Waals surface area contributed by atoms with Crippen LogP contribution in [0.4, 0.5) is 5.82 Å². The lowest BCUT2D eigenvalue weighted by Gasteiger charge is -2.24. The van der Waals surface area contributed by atoms with E-state index in [1.54, 1.807) is 12.4 Å². The summed E-state index contributed by atoms with van der Waals surface area (Å²) in [6.07, 6.45) is 5.77. The van der Waals surface area contributed by atoms with Crippen LogP contribution in [0.3, 0.4) is 0 Å². The Hall–Kier alpha value is -2.53. The van der Waals surface area contributed by atoms with Gasteiger partial charge >= 0.3 is 0 Å². The van der Waals surface area contributed by atoms with Crippen molar-refractivity contribution in [2.75, 3.05) is 18.4 Å². The van der Waals surface area contributed by atoms with Crippen LogP contribution in [0, 0.1) is 6.92 Å². The number of nitrogens with one attached hydrogen (secondary N) is 2. The summed E-state index contributed by atoms with van der Waals surface area (Å²) >= 11 is 0. The number of anilines is 1. The van der Waals surface area contributed by atoms with Gasteiger partial charge in [-0.05, 0) is 32.4 Å². The van der Waals surface area contributed by atoms with E-state index in [0.29, 0.717) is 6.04 Å². The maximum absolute atomic E-state index is 4.85. The van der Waals surface area contributed by atoms with Crippen LogP contribution in [0.2, 0.25) is 0 Å². The lowest BCUT2D eigenvalue weighted by molar-refractivity contribution is 0.479. The highest BCUT2D eigenvalue weighted by atomic mass is 15.1. The minimum Gasteiger partial charge on any atom is -0.364 e. The van der Waals surface area contributed by atoms with Crippen molar-refractivity contribution in [3.63, 3.8) is 0 Å². The number of aromatic nitrogens is 3. The topological polar surface area (TPSA) is 62.7 Å². The van der Waals surface area contributed by atoms with Gasteiger partial charge in [0.2, 0.25) is 0 Å². The van der Waals surface area contributed by atoms with E-state index in [9.17, 15) is 0 Å². The van der Waals surface area contributed by atoms with Crippen molar-refractivity contribution in [2.45, 2.75) is 25.8 Å². The first-order valence-corrected chi connectivity index (χ1v) is 8.46. The molecule has 5 heteroatoms. The molecule has 1 atom stereocenters. The number of nitrogens with zero attached hydrogens (tertiary/aromatic N) is 3. The highest BCUT2D eigenvalue weighted by Crippen LogP contribution is 2.26. The van der Waals surface area contributed by atoms with Crippen molar-refractivity contribution >= 4 is 16.9 Å². The normalized spacial score (nSPS) is 17.8. The fourth-order valence-electron chi connectivity index (χ4n) is 3.11. The van der Waals surface area contributed by atoms with Crippen molar-refractivity contribution < 1.29 is 0 Å². The number of hydrogen-bond donors (Lipinski definition) is 2. The zero-order valence-electron chi connectivity index (χ0n) is 13.8. The van der Waals surface area contributed by atoms with Gasteiger partial charge in [-0.3, -0.25) is 4.98 Å². The number of piperidine rings is 1. The molecule has 3 heterocycles. The Balaban J connectivity index is 1.76. The monoisotopic (exact) mass is 319 g/mol. The second-order valence-electron chi connectivity index (χ2n) is 6.33. The smallest absolute Gasteiger partial charge is 0.155 e. The standard InChI is InChI=1S/C19H21N5/c1-13-4-6-14(7-5-13)16-11-17-18(22-10-9-21-17)19(24-16)23-15-3-2-8-20-12-15/h4-7,9-11,15,20H,2-3,8,12H2,1H3,(H,23,24). The van der Waals surface area contributed by atoms with Gasteiger partial charge in [0.1, 0.15) is 5.52 Å². The van der Waals surface area contributed by atoms with Crippen LogP contribution < -0.4 is 10.6 Å².